The van der Waals surface area contributed by atoms with E-state index in [4.69, 9.17) is 5.26 Å². The molecule has 0 aliphatic heterocycles. The number of rotatable bonds is 2. The molecule has 4 heteroatoms. The minimum absolute atomic E-state index is 0. The van der Waals surface area contributed by atoms with Crippen LogP contribution in [0.1, 0.15) is 6.92 Å². The van der Waals surface area contributed by atoms with Crippen LogP contribution >= 0.6 is 0 Å². The van der Waals surface area contributed by atoms with E-state index in [-0.39, 0.29) is 25.8 Å². The van der Waals surface area contributed by atoms with Gasteiger partial charge in [-0.2, -0.15) is 0 Å². The van der Waals surface area contributed by atoms with Crippen LogP contribution < -0.4 is 0 Å². The van der Waals surface area contributed by atoms with E-state index in [1.807, 2.05) is 0 Å². The van der Waals surface area contributed by atoms with Gasteiger partial charge >= 0.3 is 25.8 Å². The summed E-state index contributed by atoms with van der Waals surface area (Å²) in [7, 11) is 1.45. The first kappa shape index (κ1) is 10.7. The van der Waals surface area contributed by atoms with E-state index in [2.05, 4.69) is 9.62 Å². The zero-order valence-corrected chi connectivity index (χ0v) is 3.84. The summed E-state index contributed by atoms with van der Waals surface area (Å²) in [6.07, 6.45) is -0.509. The molecule has 0 aliphatic rings. The van der Waals surface area contributed by atoms with Crippen molar-refractivity contribution in [1.29, 1.82) is 0 Å². The van der Waals surface area contributed by atoms with E-state index in [1.165, 1.54) is 7.11 Å². The number of ether oxygens (including phenoxy) is 1. The molecule has 44 valence electrons. The molecule has 0 aromatic rings. The van der Waals surface area contributed by atoms with E-state index in [0.29, 0.717) is 0 Å². The van der Waals surface area contributed by atoms with Crippen molar-refractivity contribution in [2.24, 2.45) is 0 Å². The second-order valence-corrected chi connectivity index (χ2v) is 0.909. The Morgan fingerprint density at radius 1 is 1.57 bits per heavy atom. The molecule has 0 aromatic heterocycles. The fourth-order valence-electron chi connectivity index (χ4n) is 0.0430. The van der Waals surface area contributed by atoms with Crippen LogP contribution in [0.2, 0.25) is 0 Å². The summed E-state index contributed by atoms with van der Waals surface area (Å²) >= 11 is 0. The maximum atomic E-state index is 7.71. The van der Waals surface area contributed by atoms with Gasteiger partial charge in [0.1, 0.15) is 0 Å². The molecule has 3 nitrogen and oxygen atoms in total. The molecule has 0 heterocycles. The van der Waals surface area contributed by atoms with Gasteiger partial charge in [0, 0.05) is 7.11 Å². The predicted octanol–water partition coefficient (Wildman–Crippen LogP) is -0.716. The molecule has 7 heavy (non-hydrogen) atoms. The van der Waals surface area contributed by atoms with Gasteiger partial charge in [0.2, 0.25) is 0 Å². The van der Waals surface area contributed by atoms with Crippen molar-refractivity contribution in [3.63, 3.8) is 0 Å². The number of hydrogen-bond acceptors (Lipinski definition) is 3. The monoisotopic (exact) mass is 210 g/mol. The molecular formula is C3H11InO3. The van der Waals surface area contributed by atoms with E-state index >= 15 is 0 Å². The summed E-state index contributed by atoms with van der Waals surface area (Å²) in [6.45, 7) is 1.58. The Balaban J connectivity index is 0. The zero-order valence-electron chi connectivity index (χ0n) is 3.84. The Labute approximate surface area is 61.3 Å². The molecule has 0 radical (unpaired) electrons. The fraction of sp³-hybridized carbons (Fsp3) is 1.00. The van der Waals surface area contributed by atoms with Crippen molar-refractivity contribution in [2.75, 3.05) is 7.11 Å². The molecule has 0 saturated carbocycles. The van der Waals surface area contributed by atoms with Crippen LogP contribution in [0.4, 0.5) is 0 Å². The van der Waals surface area contributed by atoms with Gasteiger partial charge in [-0.05, 0) is 6.92 Å². The topological polar surface area (TPSA) is 38.7 Å². The normalized spacial score (nSPS) is 12.4. The van der Waals surface area contributed by atoms with Gasteiger partial charge in [-0.15, -0.1) is 0 Å². The van der Waals surface area contributed by atoms with E-state index in [9.17, 15) is 0 Å². The maximum absolute atomic E-state index is 7.71. The van der Waals surface area contributed by atoms with Crippen molar-refractivity contribution >= 4 is 25.8 Å². The molecule has 0 aliphatic carbocycles. The fourth-order valence-corrected chi connectivity index (χ4v) is 0.0430. The van der Waals surface area contributed by atoms with Crippen LogP contribution in [0.5, 0.6) is 0 Å². The quantitative estimate of drug-likeness (QED) is 0.371. The van der Waals surface area contributed by atoms with Crippen molar-refractivity contribution in [2.45, 2.75) is 13.2 Å². The van der Waals surface area contributed by atoms with E-state index in [1.54, 1.807) is 6.92 Å². The molecule has 1 unspecified atom stereocenters. The van der Waals surface area contributed by atoms with Gasteiger partial charge in [-0.3, -0.25) is 0 Å². The van der Waals surface area contributed by atoms with Crippen LogP contribution in [0.15, 0.2) is 0 Å². The average Bonchev–Trinajstić information content (AvgIpc) is 1.65. The molecule has 0 amide bonds. The van der Waals surface area contributed by atoms with Crippen LogP contribution in [0, 0.1) is 0 Å². The Hall–Kier alpha value is 0.750. The molecule has 0 rings (SSSR count). The Kier molecular flexibility index (Phi) is 10.3. The molecular weight excluding hydrogens is 199 g/mol. The Bertz CT molecular complexity index is 29.4. The summed E-state index contributed by atoms with van der Waals surface area (Å²) in [4.78, 5) is 3.68. The minimum atomic E-state index is -0.509. The first-order chi connectivity index (χ1) is 2.81. The third-order valence-electron chi connectivity index (χ3n) is 0.480. The third-order valence-corrected chi connectivity index (χ3v) is 0.480. The zero-order chi connectivity index (χ0) is 4.99. The molecule has 0 fully saturated rings. The van der Waals surface area contributed by atoms with Crippen molar-refractivity contribution < 1.29 is 14.9 Å². The first-order valence-corrected chi connectivity index (χ1v) is 1.64. The summed E-state index contributed by atoms with van der Waals surface area (Å²) in [5.74, 6) is 0. The van der Waals surface area contributed by atoms with Crippen LogP contribution in [-0.4, -0.2) is 44.5 Å². The van der Waals surface area contributed by atoms with E-state index in [0.717, 1.165) is 0 Å². The summed E-state index contributed by atoms with van der Waals surface area (Å²) in [5.41, 5.74) is 0. The molecule has 0 saturated heterocycles. The Morgan fingerprint density at radius 2 is 2.00 bits per heavy atom. The molecule has 0 aromatic carbocycles. The predicted molar refractivity (Wildman–Crippen MR) is 30.1 cm³/mol. The van der Waals surface area contributed by atoms with Gasteiger partial charge in [0.25, 0.3) is 0 Å². The third kappa shape index (κ3) is 6.75. The summed E-state index contributed by atoms with van der Waals surface area (Å²) in [5, 5.41) is 7.71. The molecule has 1 atom stereocenters. The van der Waals surface area contributed by atoms with Gasteiger partial charge in [0.05, 0.1) is 0 Å². The van der Waals surface area contributed by atoms with Crippen molar-refractivity contribution in [3.8, 4) is 0 Å². The van der Waals surface area contributed by atoms with Crippen LogP contribution in [0.3, 0.4) is 0 Å². The van der Waals surface area contributed by atoms with E-state index < -0.39 is 6.29 Å². The molecule has 0 bridgehead atoms. The second-order valence-electron chi connectivity index (χ2n) is 0.909. The van der Waals surface area contributed by atoms with Crippen molar-refractivity contribution in [1.82, 2.24) is 0 Å². The summed E-state index contributed by atoms with van der Waals surface area (Å²) in [6, 6.07) is 0. The van der Waals surface area contributed by atoms with Gasteiger partial charge in [0.15, 0.2) is 6.29 Å². The molecule has 0 spiro atoms. The summed E-state index contributed by atoms with van der Waals surface area (Å²) < 4.78 is 4.43. The van der Waals surface area contributed by atoms with Crippen LogP contribution in [0.25, 0.3) is 0 Å². The first-order valence-electron chi connectivity index (χ1n) is 1.64. The standard InChI is InChI=1S/C3H8O3.In.3H/c1-3(5-2)6-4;;;;/h3-4H,1-2H3;;;;. The SMILES string of the molecule is COC(C)OO.[InH3]. The van der Waals surface area contributed by atoms with Crippen LogP contribution in [-0.2, 0) is 9.62 Å². The second kappa shape index (κ2) is 6.75. The number of methoxy groups -OCH3 is 1. The van der Waals surface area contributed by atoms with Gasteiger partial charge in [-0.1, -0.05) is 0 Å². The molecule has 1 N–H and O–H groups in total. The van der Waals surface area contributed by atoms with Gasteiger partial charge in [-0.25, -0.2) is 10.1 Å². The van der Waals surface area contributed by atoms with Gasteiger partial charge < -0.3 is 4.74 Å². The average molecular weight is 210 g/mol. The van der Waals surface area contributed by atoms with Crippen molar-refractivity contribution in [3.05, 3.63) is 0 Å². The number of hydrogen-bond donors (Lipinski definition) is 1. The Morgan fingerprint density at radius 3 is 2.00 bits per heavy atom.